The van der Waals surface area contributed by atoms with E-state index >= 15 is 0 Å². The molecule has 4 aromatic rings. The Morgan fingerprint density at radius 2 is 1.41 bits per heavy atom. The Labute approximate surface area is 185 Å². The van der Waals surface area contributed by atoms with Crippen LogP contribution in [0.4, 0.5) is 0 Å². The van der Waals surface area contributed by atoms with Gasteiger partial charge in [-0.1, -0.05) is 22.4 Å². The van der Waals surface area contributed by atoms with Crippen molar-refractivity contribution in [2.24, 2.45) is 0 Å². The largest absolute Gasteiger partial charge is 0.337 e. The van der Waals surface area contributed by atoms with E-state index in [-0.39, 0.29) is 5.54 Å². The van der Waals surface area contributed by atoms with E-state index < -0.39 is 0 Å². The lowest BCUT2D eigenvalue weighted by atomic mass is 9.98. The zero-order valence-electron chi connectivity index (χ0n) is 18.0. The third-order valence-electron chi connectivity index (χ3n) is 5.56. The molecule has 0 bridgehead atoms. The van der Waals surface area contributed by atoms with E-state index in [0.717, 1.165) is 19.6 Å². The highest BCUT2D eigenvalue weighted by molar-refractivity contribution is 5.47. The Kier molecular flexibility index (Phi) is 5.46. The van der Waals surface area contributed by atoms with Gasteiger partial charge < -0.3 is 9.05 Å². The molecule has 0 radical (unpaired) electrons. The zero-order valence-corrected chi connectivity index (χ0v) is 18.0. The topological polar surface area (TPSA) is 110 Å². The summed E-state index contributed by atoms with van der Waals surface area (Å²) in [5.41, 5.74) is 1.32. The summed E-state index contributed by atoms with van der Waals surface area (Å²) < 4.78 is 10.9. The minimum absolute atomic E-state index is 0.0955. The van der Waals surface area contributed by atoms with E-state index in [1.807, 2.05) is 36.4 Å². The van der Waals surface area contributed by atoms with Crippen molar-refractivity contribution in [3.05, 3.63) is 60.6 Å². The van der Waals surface area contributed by atoms with Crippen LogP contribution in [-0.4, -0.2) is 65.2 Å². The number of rotatable bonds is 6. The first-order valence-electron chi connectivity index (χ1n) is 10.5. The summed E-state index contributed by atoms with van der Waals surface area (Å²) in [5.74, 6) is 2.20. The molecule has 164 valence electrons. The summed E-state index contributed by atoms with van der Waals surface area (Å²) in [6, 6.07) is 11.3. The molecule has 1 saturated heterocycles. The summed E-state index contributed by atoms with van der Waals surface area (Å²) in [5, 5.41) is 8.15. The smallest absolute Gasteiger partial charge is 0.241 e. The zero-order chi connectivity index (χ0) is 22.0. The maximum atomic E-state index is 5.49. The first kappa shape index (κ1) is 20.4. The van der Waals surface area contributed by atoms with Crippen LogP contribution in [-0.2, 0) is 13.1 Å². The normalized spacial score (nSPS) is 16.9. The summed E-state index contributed by atoms with van der Waals surface area (Å²) in [4.78, 5) is 22.3. The molecule has 0 aromatic carbocycles. The quantitative estimate of drug-likeness (QED) is 0.451. The predicted molar refractivity (Wildman–Crippen MR) is 115 cm³/mol. The van der Waals surface area contributed by atoms with Gasteiger partial charge in [0, 0.05) is 37.6 Å². The number of hydrogen-bond donors (Lipinski definition) is 0. The van der Waals surface area contributed by atoms with Gasteiger partial charge in [-0.25, -0.2) is 0 Å². The molecule has 0 spiro atoms. The van der Waals surface area contributed by atoms with Gasteiger partial charge in [0.05, 0.1) is 13.1 Å². The molecule has 5 rings (SSSR count). The Bertz CT molecular complexity index is 1160. The van der Waals surface area contributed by atoms with Gasteiger partial charge in [0.15, 0.2) is 0 Å². The highest BCUT2D eigenvalue weighted by atomic mass is 16.5. The van der Waals surface area contributed by atoms with Crippen LogP contribution in [0.15, 0.2) is 57.8 Å². The van der Waals surface area contributed by atoms with Gasteiger partial charge in [-0.15, -0.1) is 0 Å². The van der Waals surface area contributed by atoms with Crippen LogP contribution in [0.25, 0.3) is 23.0 Å². The second-order valence-electron chi connectivity index (χ2n) is 8.40. The lowest BCUT2D eigenvalue weighted by Gasteiger charge is -2.46. The minimum atomic E-state index is -0.0955. The van der Waals surface area contributed by atoms with E-state index in [0.29, 0.717) is 47.9 Å². The number of piperazine rings is 1. The molecule has 32 heavy (non-hydrogen) atoms. The predicted octanol–water partition coefficient (Wildman–Crippen LogP) is 2.67. The lowest BCUT2D eigenvalue weighted by molar-refractivity contribution is 0.000577. The third-order valence-corrected chi connectivity index (χ3v) is 5.56. The van der Waals surface area contributed by atoms with Gasteiger partial charge in [-0.05, 0) is 38.1 Å². The molecule has 1 aliphatic rings. The van der Waals surface area contributed by atoms with Crippen LogP contribution in [0.1, 0.15) is 25.6 Å². The Morgan fingerprint density at radius 1 is 0.812 bits per heavy atom. The average Bonchev–Trinajstić information content (AvgIpc) is 3.46. The van der Waals surface area contributed by atoms with E-state index in [9.17, 15) is 0 Å². The van der Waals surface area contributed by atoms with E-state index in [1.165, 1.54) is 0 Å². The van der Waals surface area contributed by atoms with Crippen molar-refractivity contribution in [1.29, 1.82) is 0 Å². The van der Waals surface area contributed by atoms with Crippen LogP contribution in [0.2, 0.25) is 0 Å². The number of hydrogen-bond acceptors (Lipinski definition) is 10. The molecule has 10 nitrogen and oxygen atoms in total. The molecule has 4 aromatic heterocycles. The summed E-state index contributed by atoms with van der Waals surface area (Å²) in [6.07, 6.45) is 3.44. The summed E-state index contributed by atoms with van der Waals surface area (Å²) >= 11 is 0. The van der Waals surface area contributed by atoms with Gasteiger partial charge in [0.2, 0.25) is 23.4 Å². The van der Waals surface area contributed by atoms with Crippen LogP contribution < -0.4 is 0 Å². The van der Waals surface area contributed by atoms with Gasteiger partial charge in [-0.3, -0.25) is 19.8 Å². The molecule has 0 N–H and O–H groups in total. The first-order valence-corrected chi connectivity index (χ1v) is 10.5. The van der Waals surface area contributed by atoms with Crippen molar-refractivity contribution in [1.82, 2.24) is 40.0 Å². The molecule has 0 atom stereocenters. The standard InChI is InChI=1S/C22H24N8O2/c1-22(2)15-29(13-18-25-20(27-31-18)16-7-3-5-9-23-16)11-12-30(22)14-19-26-21(28-32-19)17-8-4-6-10-24-17/h3-10H,11-15H2,1-2H3. The van der Waals surface area contributed by atoms with E-state index in [1.54, 1.807) is 12.4 Å². The maximum absolute atomic E-state index is 5.49. The SMILES string of the molecule is CC1(C)CN(Cc2nc(-c3ccccn3)no2)CCN1Cc1nc(-c2ccccn2)no1. The van der Waals surface area contributed by atoms with Crippen molar-refractivity contribution >= 4 is 0 Å². The fourth-order valence-electron chi connectivity index (χ4n) is 3.91. The molecule has 0 aliphatic carbocycles. The molecule has 0 saturated carbocycles. The summed E-state index contributed by atoms with van der Waals surface area (Å²) in [7, 11) is 0. The van der Waals surface area contributed by atoms with Crippen LogP contribution >= 0.6 is 0 Å². The fraction of sp³-hybridized carbons (Fsp3) is 0.364. The number of nitrogens with zero attached hydrogens (tertiary/aromatic N) is 8. The second kappa shape index (κ2) is 8.56. The van der Waals surface area contributed by atoms with Crippen molar-refractivity contribution in [3.63, 3.8) is 0 Å². The van der Waals surface area contributed by atoms with Crippen LogP contribution in [0.3, 0.4) is 0 Å². The van der Waals surface area contributed by atoms with Crippen LogP contribution in [0, 0.1) is 0 Å². The van der Waals surface area contributed by atoms with Crippen molar-refractivity contribution in [3.8, 4) is 23.0 Å². The fourth-order valence-corrected chi connectivity index (χ4v) is 3.91. The molecule has 0 unspecified atom stereocenters. The van der Waals surface area contributed by atoms with Gasteiger partial charge in [0.1, 0.15) is 11.4 Å². The molecular formula is C22H24N8O2. The molecule has 10 heteroatoms. The number of aromatic nitrogens is 6. The van der Waals surface area contributed by atoms with Crippen molar-refractivity contribution in [2.45, 2.75) is 32.5 Å². The molecule has 1 fully saturated rings. The molecule has 0 amide bonds. The van der Waals surface area contributed by atoms with Crippen molar-refractivity contribution in [2.75, 3.05) is 19.6 Å². The molecular weight excluding hydrogens is 408 g/mol. The van der Waals surface area contributed by atoms with Crippen molar-refractivity contribution < 1.29 is 9.05 Å². The Hall–Kier alpha value is -3.50. The highest BCUT2D eigenvalue weighted by Crippen LogP contribution is 2.25. The second-order valence-corrected chi connectivity index (χ2v) is 8.40. The molecule has 5 heterocycles. The number of pyridine rings is 2. The molecule has 1 aliphatic heterocycles. The minimum Gasteiger partial charge on any atom is -0.337 e. The monoisotopic (exact) mass is 432 g/mol. The van der Waals surface area contributed by atoms with E-state index in [4.69, 9.17) is 9.05 Å². The van der Waals surface area contributed by atoms with E-state index in [2.05, 4.69) is 53.9 Å². The van der Waals surface area contributed by atoms with Gasteiger partial charge >= 0.3 is 0 Å². The lowest BCUT2D eigenvalue weighted by Crippen LogP contribution is -2.58. The maximum Gasteiger partial charge on any atom is 0.241 e. The average molecular weight is 432 g/mol. The van der Waals surface area contributed by atoms with Gasteiger partial charge in [0.25, 0.3) is 0 Å². The Balaban J connectivity index is 1.21. The van der Waals surface area contributed by atoms with Gasteiger partial charge in [-0.2, -0.15) is 9.97 Å². The highest BCUT2D eigenvalue weighted by Gasteiger charge is 2.35. The van der Waals surface area contributed by atoms with Crippen LogP contribution in [0.5, 0.6) is 0 Å². The first-order chi connectivity index (χ1) is 15.6. The summed E-state index contributed by atoms with van der Waals surface area (Å²) in [6.45, 7) is 8.17. The third kappa shape index (κ3) is 4.41. The Morgan fingerprint density at radius 3 is 1.94 bits per heavy atom.